The molecule has 1 aromatic heterocycles. The van der Waals surface area contributed by atoms with Gasteiger partial charge in [0.2, 0.25) is 5.91 Å². The van der Waals surface area contributed by atoms with E-state index in [4.69, 9.17) is 5.73 Å². The van der Waals surface area contributed by atoms with Gasteiger partial charge < -0.3 is 11.1 Å². The number of nitrogens with one attached hydrogen (secondary N) is 1. The number of anilines is 1. The predicted octanol–water partition coefficient (Wildman–Crippen LogP) is 1.71. The fourth-order valence-electron chi connectivity index (χ4n) is 1.71. The van der Waals surface area contributed by atoms with E-state index in [1.165, 1.54) is 12.1 Å². The summed E-state index contributed by atoms with van der Waals surface area (Å²) in [4.78, 5) is 15.9. The van der Waals surface area contributed by atoms with Crippen LogP contribution in [-0.2, 0) is 11.2 Å². The highest BCUT2D eigenvalue weighted by Crippen LogP contribution is 2.14. The van der Waals surface area contributed by atoms with Crippen molar-refractivity contribution in [3.63, 3.8) is 0 Å². The molecule has 106 valence electrons. The van der Waals surface area contributed by atoms with E-state index in [1.807, 2.05) is 0 Å². The Labute approximate surface area is 122 Å². The van der Waals surface area contributed by atoms with Crippen molar-refractivity contribution in [3.8, 4) is 11.8 Å². The minimum absolute atomic E-state index is 0.136. The van der Waals surface area contributed by atoms with Crippen LogP contribution in [-0.4, -0.2) is 17.4 Å². The summed E-state index contributed by atoms with van der Waals surface area (Å²) in [6, 6.07) is 9.68. The number of hydrogen-bond acceptors (Lipinski definition) is 3. The Morgan fingerprint density at radius 1 is 1.33 bits per heavy atom. The topological polar surface area (TPSA) is 68.0 Å². The molecule has 4 nitrogen and oxygen atoms in total. The molecule has 3 N–H and O–H groups in total. The molecule has 1 aromatic carbocycles. The van der Waals surface area contributed by atoms with Crippen LogP contribution in [0.25, 0.3) is 0 Å². The number of nitrogens with zero attached hydrogens (tertiary/aromatic N) is 1. The van der Waals surface area contributed by atoms with Crippen LogP contribution >= 0.6 is 0 Å². The maximum Gasteiger partial charge on any atom is 0.230 e. The number of amides is 1. The van der Waals surface area contributed by atoms with Gasteiger partial charge in [-0.25, -0.2) is 4.39 Å². The highest BCUT2D eigenvalue weighted by Gasteiger charge is 2.07. The minimum atomic E-state index is -0.494. The van der Waals surface area contributed by atoms with E-state index in [2.05, 4.69) is 22.1 Å². The van der Waals surface area contributed by atoms with E-state index in [1.54, 1.807) is 30.5 Å². The van der Waals surface area contributed by atoms with Gasteiger partial charge in [0.15, 0.2) is 0 Å². The van der Waals surface area contributed by atoms with Crippen LogP contribution in [0, 0.1) is 17.7 Å². The molecule has 1 amide bonds. The van der Waals surface area contributed by atoms with Crippen molar-refractivity contribution in [2.75, 3.05) is 11.9 Å². The molecule has 0 spiro atoms. The van der Waals surface area contributed by atoms with Gasteiger partial charge >= 0.3 is 0 Å². The first-order valence-electron chi connectivity index (χ1n) is 6.37. The molecule has 2 aromatic rings. The number of carbonyl (C=O) groups is 1. The molecule has 0 bridgehead atoms. The largest absolute Gasteiger partial charge is 0.326 e. The molecule has 0 radical (unpaired) electrons. The van der Waals surface area contributed by atoms with E-state index >= 15 is 0 Å². The molecular formula is C16H14FN3O. The molecule has 2 rings (SSSR count). The summed E-state index contributed by atoms with van der Waals surface area (Å²) >= 11 is 0. The molecule has 0 atom stereocenters. The zero-order valence-electron chi connectivity index (χ0n) is 11.3. The zero-order valence-corrected chi connectivity index (χ0v) is 11.3. The van der Waals surface area contributed by atoms with Crippen molar-refractivity contribution >= 4 is 11.6 Å². The van der Waals surface area contributed by atoms with E-state index in [9.17, 15) is 9.18 Å². The van der Waals surface area contributed by atoms with Gasteiger partial charge in [0, 0.05) is 17.6 Å². The van der Waals surface area contributed by atoms with Gasteiger partial charge in [-0.15, -0.1) is 0 Å². The van der Waals surface area contributed by atoms with E-state index in [0.717, 1.165) is 0 Å². The van der Waals surface area contributed by atoms with E-state index in [0.29, 0.717) is 11.4 Å². The van der Waals surface area contributed by atoms with E-state index < -0.39 is 5.82 Å². The maximum absolute atomic E-state index is 13.7. The van der Waals surface area contributed by atoms with Crippen LogP contribution in [0.3, 0.4) is 0 Å². The third-order valence-corrected chi connectivity index (χ3v) is 2.65. The lowest BCUT2D eigenvalue weighted by Crippen LogP contribution is -2.15. The molecule has 0 unspecified atom stereocenters. The number of nitrogens with two attached hydrogens (primary N) is 1. The normalized spacial score (nSPS) is 9.62. The first kappa shape index (κ1) is 14.7. The summed E-state index contributed by atoms with van der Waals surface area (Å²) in [5.41, 5.74) is 6.52. The van der Waals surface area contributed by atoms with Gasteiger partial charge in [-0.2, -0.15) is 0 Å². The van der Waals surface area contributed by atoms with Gasteiger partial charge in [-0.1, -0.05) is 17.9 Å². The SMILES string of the molecule is NCC#Cc1ccc(NC(=O)Cc2ccccn2)cc1F. The summed E-state index contributed by atoms with van der Waals surface area (Å²) in [5, 5.41) is 2.62. The first-order chi connectivity index (χ1) is 10.2. The Hall–Kier alpha value is -2.71. The molecule has 0 aliphatic carbocycles. The average molecular weight is 283 g/mol. The van der Waals surface area contributed by atoms with Crippen LogP contribution in [0.15, 0.2) is 42.6 Å². The molecule has 5 heteroatoms. The first-order valence-corrected chi connectivity index (χ1v) is 6.37. The second-order valence-corrected chi connectivity index (χ2v) is 4.25. The molecule has 0 fully saturated rings. The number of carbonyl (C=O) groups excluding carboxylic acids is 1. The number of aromatic nitrogens is 1. The van der Waals surface area contributed by atoms with Gasteiger partial charge in [0.1, 0.15) is 5.82 Å². The summed E-state index contributed by atoms with van der Waals surface area (Å²) in [6.07, 6.45) is 1.75. The Morgan fingerprint density at radius 2 is 2.19 bits per heavy atom. The standard InChI is InChI=1S/C16H14FN3O/c17-15-10-14(7-6-12(15)4-3-8-18)20-16(21)11-13-5-1-2-9-19-13/h1-2,5-7,9-10H,8,11,18H2,(H,20,21). The van der Waals surface area contributed by atoms with Crippen LogP contribution < -0.4 is 11.1 Å². The summed E-state index contributed by atoms with van der Waals surface area (Å²) in [7, 11) is 0. The van der Waals surface area contributed by atoms with Crippen molar-refractivity contribution in [2.24, 2.45) is 5.73 Å². The van der Waals surface area contributed by atoms with Gasteiger partial charge in [0.25, 0.3) is 0 Å². The molecule has 1 heterocycles. The third kappa shape index (κ3) is 4.41. The Balaban J connectivity index is 2.03. The third-order valence-electron chi connectivity index (χ3n) is 2.65. The van der Waals surface area contributed by atoms with Crippen LogP contribution in [0.2, 0.25) is 0 Å². The number of hydrogen-bond donors (Lipinski definition) is 2. The van der Waals surface area contributed by atoms with Crippen LogP contribution in [0.5, 0.6) is 0 Å². The van der Waals surface area contributed by atoms with Crippen LogP contribution in [0.4, 0.5) is 10.1 Å². The summed E-state index contributed by atoms with van der Waals surface area (Å²) in [6.45, 7) is 0.169. The van der Waals surface area contributed by atoms with Crippen molar-refractivity contribution in [1.82, 2.24) is 4.98 Å². The highest BCUT2D eigenvalue weighted by atomic mass is 19.1. The number of rotatable bonds is 3. The second-order valence-electron chi connectivity index (χ2n) is 4.25. The average Bonchev–Trinajstić information content (AvgIpc) is 2.47. The van der Waals surface area contributed by atoms with Gasteiger partial charge in [-0.3, -0.25) is 9.78 Å². The monoisotopic (exact) mass is 283 g/mol. The second kappa shape index (κ2) is 7.17. The number of benzene rings is 1. The minimum Gasteiger partial charge on any atom is -0.326 e. The van der Waals surface area contributed by atoms with Gasteiger partial charge in [0.05, 0.1) is 18.5 Å². The quantitative estimate of drug-likeness (QED) is 0.843. The lowest BCUT2D eigenvalue weighted by atomic mass is 10.2. The van der Waals surface area contributed by atoms with Crippen molar-refractivity contribution in [2.45, 2.75) is 6.42 Å². The molecule has 0 saturated heterocycles. The summed E-state index contributed by atoms with van der Waals surface area (Å²) in [5.74, 6) is 4.45. The van der Waals surface area contributed by atoms with E-state index in [-0.39, 0.29) is 24.4 Å². The predicted molar refractivity (Wildman–Crippen MR) is 78.9 cm³/mol. The Bertz CT molecular complexity index is 690. The smallest absolute Gasteiger partial charge is 0.230 e. The number of pyridine rings is 1. The lowest BCUT2D eigenvalue weighted by molar-refractivity contribution is -0.115. The van der Waals surface area contributed by atoms with Crippen molar-refractivity contribution < 1.29 is 9.18 Å². The zero-order chi connectivity index (χ0) is 15.1. The van der Waals surface area contributed by atoms with Crippen molar-refractivity contribution in [1.29, 1.82) is 0 Å². The maximum atomic E-state index is 13.7. The Kier molecular flexibility index (Phi) is 5.02. The highest BCUT2D eigenvalue weighted by molar-refractivity contribution is 5.92. The molecule has 21 heavy (non-hydrogen) atoms. The van der Waals surface area contributed by atoms with Crippen molar-refractivity contribution in [3.05, 3.63) is 59.7 Å². The van der Waals surface area contributed by atoms with Crippen LogP contribution in [0.1, 0.15) is 11.3 Å². The van der Waals surface area contributed by atoms with Gasteiger partial charge in [-0.05, 0) is 30.3 Å². The molecule has 0 saturated carbocycles. The molecular weight excluding hydrogens is 269 g/mol. The fraction of sp³-hybridized carbons (Fsp3) is 0.125. The summed E-state index contributed by atoms with van der Waals surface area (Å²) < 4.78 is 13.7. The molecule has 0 aliphatic heterocycles. The number of halogens is 1. The fourth-order valence-corrected chi connectivity index (χ4v) is 1.71. The molecule has 0 aliphatic rings. The lowest BCUT2D eigenvalue weighted by Gasteiger charge is -2.05. The Morgan fingerprint density at radius 3 is 2.86 bits per heavy atom.